The molecule has 6 N–H and O–H groups in total. The molecule has 0 atom stereocenters. The predicted octanol–water partition coefficient (Wildman–Crippen LogP) is 7.94. The Morgan fingerprint density at radius 3 is 1.63 bits per heavy atom. The molecule has 1 aliphatic rings. The summed E-state index contributed by atoms with van der Waals surface area (Å²) in [5.74, 6) is 3.05. The maximum absolute atomic E-state index is 10.5. The second kappa shape index (κ2) is 9.87. The Hall–Kier alpha value is -5.92. The molecule has 43 heavy (non-hydrogen) atoms. The number of aromatic hydroxyl groups is 2. The zero-order valence-corrected chi connectivity index (χ0v) is 23.3. The highest BCUT2D eigenvalue weighted by Crippen LogP contribution is 2.59. The van der Waals surface area contributed by atoms with Gasteiger partial charge in [-0.1, -0.05) is 103 Å². The van der Waals surface area contributed by atoms with Crippen molar-refractivity contribution in [3.05, 3.63) is 155 Å². The number of rotatable bonds is 4. The lowest BCUT2D eigenvalue weighted by atomic mass is 9.65. The molecule has 0 saturated heterocycles. The van der Waals surface area contributed by atoms with Crippen LogP contribution in [0.2, 0.25) is 0 Å². The second-order valence-corrected chi connectivity index (χ2v) is 10.8. The third-order valence-electron chi connectivity index (χ3n) is 8.55. The van der Waals surface area contributed by atoms with Crippen LogP contribution < -0.4 is 11.5 Å². The van der Waals surface area contributed by atoms with Crippen LogP contribution in [-0.2, 0) is 5.41 Å². The van der Waals surface area contributed by atoms with E-state index in [0.717, 1.165) is 61.2 Å². The van der Waals surface area contributed by atoms with Crippen LogP contribution in [0.25, 0.3) is 33.4 Å². The average molecular weight is 557 g/mol. The summed E-state index contributed by atoms with van der Waals surface area (Å²) in [6.07, 6.45) is 6.42. The smallest absolute Gasteiger partial charge is 0.138 e. The molecule has 0 aliphatic heterocycles. The van der Waals surface area contributed by atoms with E-state index in [-0.39, 0.29) is 22.9 Å². The van der Waals surface area contributed by atoms with E-state index in [1.807, 2.05) is 60.7 Å². The van der Waals surface area contributed by atoms with Crippen LogP contribution in [0.1, 0.15) is 27.8 Å². The van der Waals surface area contributed by atoms with Crippen LogP contribution in [0.4, 0.5) is 11.4 Å². The molecule has 0 fully saturated rings. The van der Waals surface area contributed by atoms with Crippen LogP contribution >= 0.6 is 0 Å². The predicted molar refractivity (Wildman–Crippen MR) is 175 cm³/mol. The largest absolute Gasteiger partial charge is 0.506 e. The van der Waals surface area contributed by atoms with Crippen molar-refractivity contribution < 1.29 is 10.2 Å². The average Bonchev–Trinajstić information content (AvgIpc) is 3.34. The maximum atomic E-state index is 10.5. The molecule has 0 amide bonds. The molecule has 0 aromatic heterocycles. The van der Waals surface area contributed by atoms with Crippen LogP contribution in [-0.4, -0.2) is 10.2 Å². The summed E-state index contributed by atoms with van der Waals surface area (Å²) in [4.78, 5) is 0. The minimum absolute atomic E-state index is 0.00388. The summed E-state index contributed by atoms with van der Waals surface area (Å²) in [6, 6.07) is 41.6. The van der Waals surface area contributed by atoms with Crippen LogP contribution in [0, 0.1) is 12.3 Å². The van der Waals surface area contributed by atoms with Gasteiger partial charge in [0.05, 0.1) is 16.8 Å². The Morgan fingerprint density at radius 1 is 0.535 bits per heavy atom. The second-order valence-electron chi connectivity index (χ2n) is 10.8. The molecule has 0 bridgehead atoms. The Labute approximate surface area is 250 Å². The molecule has 0 unspecified atom stereocenters. The van der Waals surface area contributed by atoms with E-state index in [0.29, 0.717) is 0 Å². The normalized spacial score (nSPS) is 12.7. The van der Waals surface area contributed by atoms with Gasteiger partial charge in [0.1, 0.15) is 11.5 Å². The summed E-state index contributed by atoms with van der Waals surface area (Å²) < 4.78 is 0. The zero-order chi connectivity index (χ0) is 29.7. The Balaban J connectivity index is 1.68. The first-order valence-corrected chi connectivity index (χ1v) is 14.0. The van der Waals surface area contributed by atoms with Gasteiger partial charge in [0.2, 0.25) is 0 Å². The summed E-state index contributed by atoms with van der Waals surface area (Å²) in [6.45, 7) is 0. The monoisotopic (exact) mass is 556 g/mol. The molecule has 6 aromatic carbocycles. The lowest BCUT2D eigenvalue weighted by molar-refractivity contribution is 0.477. The number of anilines is 2. The van der Waals surface area contributed by atoms with Crippen molar-refractivity contribution in [2.45, 2.75) is 5.41 Å². The highest BCUT2D eigenvalue weighted by atomic mass is 16.3. The van der Waals surface area contributed by atoms with E-state index >= 15 is 0 Å². The van der Waals surface area contributed by atoms with Crippen molar-refractivity contribution in [1.29, 1.82) is 0 Å². The summed E-state index contributed by atoms with van der Waals surface area (Å²) >= 11 is 0. The number of nitrogens with two attached hydrogens (primary N) is 2. The fraction of sp³-hybridized carbons (Fsp3) is 0.0256. The van der Waals surface area contributed by atoms with Crippen molar-refractivity contribution in [3.63, 3.8) is 0 Å². The number of phenols is 2. The van der Waals surface area contributed by atoms with Gasteiger partial charge in [0.25, 0.3) is 0 Å². The topological polar surface area (TPSA) is 92.5 Å². The van der Waals surface area contributed by atoms with E-state index in [2.05, 4.69) is 60.5 Å². The van der Waals surface area contributed by atoms with E-state index in [1.165, 1.54) is 0 Å². The van der Waals surface area contributed by atoms with Gasteiger partial charge >= 0.3 is 0 Å². The number of terminal acetylenes is 1. The van der Waals surface area contributed by atoms with Gasteiger partial charge in [-0.25, -0.2) is 0 Å². The van der Waals surface area contributed by atoms with Crippen LogP contribution in [0.15, 0.2) is 127 Å². The Morgan fingerprint density at radius 2 is 1.07 bits per heavy atom. The fourth-order valence-electron chi connectivity index (χ4n) is 6.60. The lowest BCUT2D eigenvalue weighted by Crippen LogP contribution is -2.30. The number of nitrogen functional groups attached to an aromatic ring is 2. The third-order valence-corrected chi connectivity index (χ3v) is 8.55. The molecular weight excluding hydrogens is 528 g/mol. The van der Waals surface area contributed by atoms with Crippen molar-refractivity contribution in [2.75, 3.05) is 11.5 Å². The zero-order valence-electron chi connectivity index (χ0n) is 23.3. The first kappa shape index (κ1) is 26.0. The standard InChI is InChI=1S/C39H28N2O2/c1-2-29-30(25-11-7-4-8-12-25)17-18-32-31-16-13-26(24-9-5-3-6-10-24)21-33(31)39(38(29)32,27-14-19-36(42)34(40)22-27)28-15-20-37(43)35(41)23-28/h1,3-23,42-43H,40-41H2. The SMILES string of the molecule is C#Cc1c(-c2ccccc2)ccc2c1C(c1ccc(O)c(N)c1)(c1ccc(O)c(N)c1)c1cc(-c3ccccc3)ccc1-2. The molecule has 206 valence electrons. The highest BCUT2D eigenvalue weighted by Gasteiger charge is 2.48. The molecule has 1 aliphatic carbocycles. The quantitative estimate of drug-likeness (QED) is 0.101. The fourth-order valence-corrected chi connectivity index (χ4v) is 6.60. The minimum atomic E-state index is -0.981. The van der Waals surface area contributed by atoms with Gasteiger partial charge in [-0.05, 0) is 86.0 Å². The Kier molecular flexibility index (Phi) is 5.97. The van der Waals surface area contributed by atoms with E-state index < -0.39 is 5.41 Å². The van der Waals surface area contributed by atoms with E-state index in [1.54, 1.807) is 12.1 Å². The third kappa shape index (κ3) is 3.87. The highest BCUT2D eigenvalue weighted by molar-refractivity contribution is 5.93. The van der Waals surface area contributed by atoms with Crippen molar-refractivity contribution in [3.8, 4) is 57.2 Å². The summed E-state index contributed by atoms with van der Waals surface area (Å²) in [5, 5.41) is 21.0. The van der Waals surface area contributed by atoms with Crippen LogP contribution in [0.3, 0.4) is 0 Å². The van der Waals surface area contributed by atoms with Crippen molar-refractivity contribution >= 4 is 11.4 Å². The molecule has 0 spiro atoms. The number of hydrogen-bond donors (Lipinski definition) is 4. The minimum Gasteiger partial charge on any atom is -0.506 e. The molecule has 4 nitrogen and oxygen atoms in total. The molecule has 6 aromatic rings. The van der Waals surface area contributed by atoms with Gasteiger partial charge in [-0.3, -0.25) is 0 Å². The van der Waals surface area contributed by atoms with Gasteiger partial charge in [0.15, 0.2) is 0 Å². The summed E-state index contributed by atoms with van der Waals surface area (Å²) in [7, 11) is 0. The Bertz CT molecular complexity index is 2020. The molecule has 0 heterocycles. The summed E-state index contributed by atoms with van der Waals surface area (Å²) in [5.41, 5.74) is 22.7. The molecule has 0 saturated carbocycles. The number of hydrogen-bond acceptors (Lipinski definition) is 4. The molecular formula is C39H28N2O2. The first-order valence-electron chi connectivity index (χ1n) is 14.0. The van der Waals surface area contributed by atoms with Crippen molar-refractivity contribution in [1.82, 2.24) is 0 Å². The van der Waals surface area contributed by atoms with Crippen LogP contribution in [0.5, 0.6) is 11.5 Å². The van der Waals surface area contributed by atoms with Gasteiger partial charge in [-0.2, -0.15) is 0 Å². The van der Waals surface area contributed by atoms with Gasteiger partial charge in [0, 0.05) is 5.56 Å². The van der Waals surface area contributed by atoms with Gasteiger partial charge < -0.3 is 21.7 Å². The number of phenolic OH excluding ortho intramolecular Hbond substituents is 2. The van der Waals surface area contributed by atoms with E-state index in [9.17, 15) is 10.2 Å². The first-order chi connectivity index (χ1) is 20.9. The van der Waals surface area contributed by atoms with Crippen molar-refractivity contribution in [2.24, 2.45) is 0 Å². The lowest BCUT2D eigenvalue weighted by Gasteiger charge is -2.35. The number of fused-ring (bicyclic) bond motifs is 3. The number of benzene rings is 6. The molecule has 0 radical (unpaired) electrons. The molecule has 7 rings (SSSR count). The molecule has 4 heteroatoms. The van der Waals surface area contributed by atoms with Gasteiger partial charge in [-0.15, -0.1) is 6.42 Å². The maximum Gasteiger partial charge on any atom is 0.138 e. The van der Waals surface area contributed by atoms with E-state index in [4.69, 9.17) is 17.9 Å².